The fourth-order valence-electron chi connectivity index (χ4n) is 2.20. The third-order valence-corrected chi connectivity index (χ3v) is 3.29. The second-order valence-corrected chi connectivity index (χ2v) is 6.67. The lowest BCUT2D eigenvalue weighted by Gasteiger charge is -2.16. The van der Waals surface area contributed by atoms with Crippen LogP contribution in [0.3, 0.4) is 0 Å². The molecule has 1 aromatic rings. The van der Waals surface area contributed by atoms with Crippen LogP contribution in [0.15, 0.2) is 24.3 Å². The van der Waals surface area contributed by atoms with Gasteiger partial charge < -0.3 is 0 Å². The summed E-state index contributed by atoms with van der Waals surface area (Å²) in [5, 5.41) is 0. The minimum atomic E-state index is 0.0654. The summed E-state index contributed by atoms with van der Waals surface area (Å²) in [6, 6.07) is 8.20. The van der Waals surface area contributed by atoms with Gasteiger partial charge in [-0.25, -0.2) is 0 Å². The molecule has 0 N–H and O–H groups in total. The Labute approximate surface area is 118 Å². The first-order valence-electron chi connectivity index (χ1n) is 7.54. The fraction of sp³-hybridized carbons (Fsp3) is 0.611. The minimum Gasteiger partial charge on any atom is -0.294 e. The maximum Gasteiger partial charge on any atom is 0.163 e. The van der Waals surface area contributed by atoms with Crippen molar-refractivity contribution < 1.29 is 4.79 Å². The molecule has 0 radical (unpaired) electrons. The van der Waals surface area contributed by atoms with Gasteiger partial charge in [-0.3, -0.25) is 4.79 Å². The Balaban J connectivity index is 2.49. The Kier molecular flexibility index (Phi) is 6.27. The van der Waals surface area contributed by atoms with Crippen molar-refractivity contribution in [1.82, 2.24) is 0 Å². The highest BCUT2D eigenvalue weighted by Gasteiger charge is 2.17. The van der Waals surface area contributed by atoms with Crippen molar-refractivity contribution in [3.05, 3.63) is 35.4 Å². The Bertz CT molecular complexity index is 381. The van der Waals surface area contributed by atoms with E-state index in [-0.39, 0.29) is 11.2 Å². The number of rotatable bonds is 7. The van der Waals surface area contributed by atoms with Crippen molar-refractivity contribution in [2.24, 2.45) is 5.41 Å². The van der Waals surface area contributed by atoms with E-state index >= 15 is 0 Å². The Morgan fingerprint density at radius 2 is 1.63 bits per heavy atom. The molecule has 0 aliphatic rings. The predicted molar refractivity (Wildman–Crippen MR) is 82.7 cm³/mol. The van der Waals surface area contributed by atoms with Crippen molar-refractivity contribution in [3.63, 3.8) is 0 Å². The summed E-state index contributed by atoms with van der Waals surface area (Å²) in [5.74, 6) is 0.255. The Morgan fingerprint density at radius 1 is 1.00 bits per heavy atom. The predicted octanol–water partition coefficient (Wildman–Crippen LogP) is 5.43. The number of hydrogen-bond donors (Lipinski definition) is 0. The van der Waals surface area contributed by atoms with E-state index in [0.29, 0.717) is 6.42 Å². The molecule has 0 aliphatic heterocycles. The molecule has 0 saturated heterocycles. The first-order chi connectivity index (χ1) is 8.92. The number of benzene rings is 1. The van der Waals surface area contributed by atoms with Gasteiger partial charge >= 0.3 is 0 Å². The quantitative estimate of drug-likeness (QED) is 0.472. The van der Waals surface area contributed by atoms with Crippen molar-refractivity contribution in [2.45, 2.75) is 66.2 Å². The van der Waals surface area contributed by atoms with Crippen LogP contribution in [0.1, 0.15) is 75.7 Å². The van der Waals surface area contributed by atoms with Crippen molar-refractivity contribution in [3.8, 4) is 0 Å². The van der Waals surface area contributed by atoms with Crippen LogP contribution in [0.25, 0.3) is 0 Å². The number of carbonyl (C=O) groups excluding carboxylic acids is 1. The van der Waals surface area contributed by atoms with Gasteiger partial charge in [-0.1, -0.05) is 71.2 Å². The molecule has 0 spiro atoms. The molecule has 0 unspecified atom stereocenters. The molecule has 1 nitrogen and oxygen atoms in total. The van der Waals surface area contributed by atoms with Crippen LogP contribution in [0.5, 0.6) is 0 Å². The van der Waals surface area contributed by atoms with Gasteiger partial charge in [-0.05, 0) is 23.8 Å². The van der Waals surface area contributed by atoms with E-state index in [1.165, 1.54) is 31.2 Å². The highest BCUT2D eigenvalue weighted by Crippen LogP contribution is 2.21. The molecule has 106 valence electrons. The van der Waals surface area contributed by atoms with Gasteiger partial charge in [0.2, 0.25) is 0 Å². The first-order valence-corrected chi connectivity index (χ1v) is 7.54. The van der Waals surface area contributed by atoms with E-state index < -0.39 is 0 Å². The Morgan fingerprint density at radius 3 is 2.16 bits per heavy atom. The van der Waals surface area contributed by atoms with Gasteiger partial charge in [0.15, 0.2) is 5.78 Å². The normalized spacial score (nSPS) is 11.6. The summed E-state index contributed by atoms with van der Waals surface area (Å²) in [6.45, 7) is 8.54. The van der Waals surface area contributed by atoms with Crippen LogP contribution in [-0.2, 0) is 6.42 Å². The number of unbranched alkanes of at least 4 members (excludes halogenated alkanes) is 3. The third-order valence-electron chi connectivity index (χ3n) is 3.29. The van der Waals surface area contributed by atoms with Gasteiger partial charge in [0.1, 0.15) is 0 Å². The summed E-state index contributed by atoms with van der Waals surface area (Å²) >= 11 is 0. The zero-order valence-electron chi connectivity index (χ0n) is 13.0. The number of carbonyl (C=O) groups is 1. The summed E-state index contributed by atoms with van der Waals surface area (Å²) in [6.07, 6.45) is 6.91. The smallest absolute Gasteiger partial charge is 0.163 e. The molecule has 0 amide bonds. The molecule has 0 aromatic heterocycles. The highest BCUT2D eigenvalue weighted by molar-refractivity contribution is 5.96. The molecule has 0 atom stereocenters. The van der Waals surface area contributed by atoms with Crippen LogP contribution in [-0.4, -0.2) is 5.78 Å². The van der Waals surface area contributed by atoms with Gasteiger partial charge in [0.05, 0.1) is 0 Å². The topological polar surface area (TPSA) is 17.1 Å². The van der Waals surface area contributed by atoms with Crippen molar-refractivity contribution in [2.75, 3.05) is 0 Å². The molecule has 0 heterocycles. The highest BCUT2D eigenvalue weighted by atomic mass is 16.1. The van der Waals surface area contributed by atoms with Crippen LogP contribution >= 0.6 is 0 Å². The maximum absolute atomic E-state index is 12.1. The zero-order chi connectivity index (χ0) is 14.3. The van der Waals surface area contributed by atoms with Gasteiger partial charge in [0, 0.05) is 12.0 Å². The SMILES string of the molecule is CCCCCCc1ccc(C(=O)CC(C)(C)C)cc1. The summed E-state index contributed by atoms with van der Waals surface area (Å²) in [5.41, 5.74) is 2.27. The van der Waals surface area contributed by atoms with Gasteiger partial charge in [0.25, 0.3) is 0 Å². The lowest BCUT2D eigenvalue weighted by Crippen LogP contribution is -2.13. The molecule has 1 aromatic carbocycles. The summed E-state index contributed by atoms with van der Waals surface area (Å²) < 4.78 is 0. The van der Waals surface area contributed by atoms with E-state index in [9.17, 15) is 4.79 Å². The fourth-order valence-corrected chi connectivity index (χ4v) is 2.20. The van der Waals surface area contributed by atoms with E-state index in [1.54, 1.807) is 0 Å². The molecule has 1 heteroatoms. The molecule has 0 fully saturated rings. The molecular formula is C18H28O. The number of hydrogen-bond acceptors (Lipinski definition) is 1. The monoisotopic (exact) mass is 260 g/mol. The van der Waals surface area contributed by atoms with E-state index in [0.717, 1.165) is 12.0 Å². The molecular weight excluding hydrogens is 232 g/mol. The van der Waals surface area contributed by atoms with Crippen molar-refractivity contribution >= 4 is 5.78 Å². The molecule has 1 rings (SSSR count). The average molecular weight is 260 g/mol. The van der Waals surface area contributed by atoms with Gasteiger partial charge in [-0.2, -0.15) is 0 Å². The standard InChI is InChI=1S/C18H28O/c1-5-6-7-8-9-15-10-12-16(13-11-15)17(19)14-18(2,3)4/h10-13H,5-9,14H2,1-4H3. The first kappa shape index (κ1) is 15.9. The van der Waals surface area contributed by atoms with Crippen LogP contribution < -0.4 is 0 Å². The number of Topliss-reactive ketones (excluding diaryl/α,β-unsaturated/α-hetero) is 1. The minimum absolute atomic E-state index is 0.0654. The third kappa shape index (κ3) is 6.56. The molecule has 19 heavy (non-hydrogen) atoms. The zero-order valence-corrected chi connectivity index (χ0v) is 13.0. The second-order valence-electron chi connectivity index (χ2n) is 6.67. The molecule has 0 saturated carbocycles. The molecule has 0 bridgehead atoms. The summed E-state index contributed by atoms with van der Waals surface area (Å²) in [4.78, 5) is 12.1. The summed E-state index contributed by atoms with van der Waals surface area (Å²) in [7, 11) is 0. The second kappa shape index (κ2) is 7.47. The Hall–Kier alpha value is -1.11. The number of ketones is 1. The lowest BCUT2D eigenvalue weighted by molar-refractivity contribution is 0.0940. The van der Waals surface area contributed by atoms with E-state index in [2.05, 4.69) is 39.8 Å². The van der Waals surface area contributed by atoms with E-state index in [1.807, 2.05) is 12.1 Å². The average Bonchev–Trinajstić information content (AvgIpc) is 2.33. The number of aryl methyl sites for hydroxylation is 1. The van der Waals surface area contributed by atoms with E-state index in [4.69, 9.17) is 0 Å². The van der Waals surface area contributed by atoms with Gasteiger partial charge in [-0.15, -0.1) is 0 Å². The van der Waals surface area contributed by atoms with Crippen LogP contribution in [0, 0.1) is 5.41 Å². The largest absolute Gasteiger partial charge is 0.294 e. The van der Waals surface area contributed by atoms with Crippen molar-refractivity contribution in [1.29, 1.82) is 0 Å². The molecule has 0 aliphatic carbocycles. The lowest BCUT2D eigenvalue weighted by atomic mass is 9.87. The van der Waals surface area contributed by atoms with Crippen LogP contribution in [0.4, 0.5) is 0 Å². The van der Waals surface area contributed by atoms with Crippen LogP contribution in [0.2, 0.25) is 0 Å². The maximum atomic E-state index is 12.1.